The van der Waals surface area contributed by atoms with Gasteiger partial charge in [-0.05, 0) is 24.3 Å². The highest BCUT2D eigenvalue weighted by atomic mass is 16.5. The van der Waals surface area contributed by atoms with Crippen molar-refractivity contribution in [3.05, 3.63) is 24.3 Å². The monoisotopic (exact) mass is 280 g/mol. The number of nitrogens with zero attached hydrogens (tertiary/aromatic N) is 1. The summed E-state index contributed by atoms with van der Waals surface area (Å²) < 4.78 is 5.00. The third-order valence-electron chi connectivity index (χ3n) is 3.17. The summed E-state index contributed by atoms with van der Waals surface area (Å²) in [4.78, 5) is 24.2. The van der Waals surface area contributed by atoms with Crippen molar-refractivity contribution in [1.29, 1.82) is 0 Å². The lowest BCUT2D eigenvalue weighted by Gasteiger charge is -2.21. The van der Waals surface area contributed by atoms with Gasteiger partial charge < -0.3 is 25.2 Å². The molecule has 7 heteroatoms. The number of carbonyl (C=O) groups is 2. The van der Waals surface area contributed by atoms with Gasteiger partial charge in [0.2, 0.25) is 0 Å². The van der Waals surface area contributed by atoms with Gasteiger partial charge in [-0.2, -0.15) is 0 Å². The van der Waals surface area contributed by atoms with E-state index in [-0.39, 0.29) is 13.0 Å². The molecule has 108 valence electrons. The van der Waals surface area contributed by atoms with Crippen molar-refractivity contribution >= 4 is 17.7 Å². The van der Waals surface area contributed by atoms with Crippen LogP contribution in [0.1, 0.15) is 6.42 Å². The molecule has 0 radical (unpaired) electrons. The Kier molecular flexibility index (Phi) is 4.09. The zero-order chi connectivity index (χ0) is 14.7. The highest BCUT2D eigenvalue weighted by molar-refractivity contribution is 5.92. The number of carboxylic acid groups (broad SMARTS) is 1. The number of β-amino-alcohol motifs (C(OH)–C–C–N with tert-alkyl or cyclic N) is 1. The molecular weight excluding hydrogens is 264 g/mol. The van der Waals surface area contributed by atoms with E-state index < -0.39 is 24.1 Å². The molecule has 0 bridgehead atoms. The van der Waals surface area contributed by atoms with Gasteiger partial charge in [0.05, 0.1) is 13.2 Å². The predicted molar refractivity (Wildman–Crippen MR) is 70.8 cm³/mol. The highest BCUT2D eigenvalue weighted by Crippen LogP contribution is 2.21. The Labute approximate surface area is 115 Å². The molecule has 2 atom stereocenters. The fraction of sp³-hybridized carbons (Fsp3) is 0.385. The van der Waals surface area contributed by atoms with Crippen molar-refractivity contribution in [2.75, 3.05) is 19.0 Å². The van der Waals surface area contributed by atoms with Crippen LogP contribution in [0.4, 0.5) is 10.5 Å². The molecule has 2 rings (SSSR count). The lowest BCUT2D eigenvalue weighted by molar-refractivity contribution is -0.141. The summed E-state index contributed by atoms with van der Waals surface area (Å²) in [5.41, 5.74) is 0.529. The predicted octanol–water partition coefficient (Wildman–Crippen LogP) is 0.747. The molecule has 1 heterocycles. The maximum absolute atomic E-state index is 12.0. The first kappa shape index (κ1) is 14.1. The molecule has 1 aliphatic heterocycles. The Morgan fingerprint density at radius 3 is 2.55 bits per heavy atom. The fourth-order valence-corrected chi connectivity index (χ4v) is 2.14. The quantitative estimate of drug-likeness (QED) is 0.758. The average Bonchev–Trinajstić information content (AvgIpc) is 2.82. The number of hydrogen-bond acceptors (Lipinski definition) is 4. The van der Waals surface area contributed by atoms with Crippen LogP contribution in [0.15, 0.2) is 24.3 Å². The minimum atomic E-state index is -1.12. The Hall–Kier alpha value is -2.28. The van der Waals surface area contributed by atoms with Crippen molar-refractivity contribution in [2.24, 2.45) is 0 Å². The fourth-order valence-electron chi connectivity index (χ4n) is 2.14. The number of aliphatic hydroxyl groups excluding tert-OH is 1. The van der Waals surface area contributed by atoms with Gasteiger partial charge in [0, 0.05) is 18.7 Å². The molecule has 1 aromatic rings. The molecule has 20 heavy (non-hydrogen) atoms. The Morgan fingerprint density at radius 2 is 2.00 bits per heavy atom. The first-order valence-corrected chi connectivity index (χ1v) is 6.14. The van der Waals surface area contributed by atoms with Crippen molar-refractivity contribution < 1.29 is 24.5 Å². The van der Waals surface area contributed by atoms with Crippen LogP contribution in [0.5, 0.6) is 5.75 Å². The van der Waals surface area contributed by atoms with Crippen LogP contribution in [0.2, 0.25) is 0 Å². The van der Waals surface area contributed by atoms with Crippen molar-refractivity contribution in [1.82, 2.24) is 4.90 Å². The van der Waals surface area contributed by atoms with Gasteiger partial charge in [-0.15, -0.1) is 0 Å². The smallest absolute Gasteiger partial charge is 0.326 e. The molecule has 0 aromatic heterocycles. The minimum absolute atomic E-state index is 0.0129. The van der Waals surface area contributed by atoms with Gasteiger partial charge >= 0.3 is 12.0 Å². The number of aliphatic carboxylic acids is 1. The average molecular weight is 280 g/mol. The maximum atomic E-state index is 12.0. The zero-order valence-corrected chi connectivity index (χ0v) is 10.9. The number of aliphatic hydroxyl groups is 1. The molecule has 7 nitrogen and oxygen atoms in total. The van der Waals surface area contributed by atoms with E-state index in [1.807, 2.05) is 0 Å². The summed E-state index contributed by atoms with van der Waals surface area (Å²) in [6.45, 7) is 0.0129. The summed E-state index contributed by atoms with van der Waals surface area (Å²) in [5, 5.41) is 21.1. The Balaban J connectivity index is 2.04. The summed E-state index contributed by atoms with van der Waals surface area (Å²) in [7, 11) is 1.54. The number of hydrogen-bond donors (Lipinski definition) is 3. The standard InChI is InChI=1S/C13H16N2O5/c1-20-10-4-2-8(3-5-10)14-13(19)15-7-9(16)6-11(15)12(17)18/h2-5,9,11,16H,6-7H2,1H3,(H,14,19)(H,17,18)/t9?,11-/m0/s1. The zero-order valence-electron chi connectivity index (χ0n) is 10.9. The minimum Gasteiger partial charge on any atom is -0.497 e. The van der Waals surface area contributed by atoms with Crippen molar-refractivity contribution in [2.45, 2.75) is 18.6 Å². The van der Waals surface area contributed by atoms with Crippen LogP contribution >= 0.6 is 0 Å². The number of nitrogens with one attached hydrogen (secondary N) is 1. The van der Waals surface area contributed by atoms with Gasteiger partial charge in [0.15, 0.2) is 0 Å². The summed E-state index contributed by atoms with van der Waals surface area (Å²) >= 11 is 0. The lowest BCUT2D eigenvalue weighted by atomic mass is 10.2. The number of benzene rings is 1. The molecule has 1 aliphatic rings. The first-order valence-electron chi connectivity index (χ1n) is 6.14. The van der Waals surface area contributed by atoms with E-state index in [0.717, 1.165) is 4.90 Å². The van der Waals surface area contributed by atoms with E-state index in [2.05, 4.69) is 5.32 Å². The number of ether oxygens (including phenoxy) is 1. The Morgan fingerprint density at radius 1 is 1.35 bits per heavy atom. The largest absolute Gasteiger partial charge is 0.497 e. The van der Waals surface area contributed by atoms with Crippen LogP contribution < -0.4 is 10.1 Å². The molecule has 1 aromatic carbocycles. The van der Waals surface area contributed by atoms with E-state index in [1.54, 1.807) is 24.3 Å². The number of amides is 2. The normalized spacial score (nSPS) is 21.6. The van der Waals surface area contributed by atoms with Gasteiger partial charge in [-0.3, -0.25) is 0 Å². The number of likely N-dealkylation sites (tertiary alicyclic amines) is 1. The summed E-state index contributed by atoms with van der Waals surface area (Å²) in [6, 6.07) is 5.13. The second-order valence-electron chi connectivity index (χ2n) is 4.55. The maximum Gasteiger partial charge on any atom is 0.326 e. The molecule has 3 N–H and O–H groups in total. The summed E-state index contributed by atoms with van der Waals surface area (Å²) in [6.07, 6.45) is -0.761. The van der Waals surface area contributed by atoms with Crippen molar-refractivity contribution in [3.8, 4) is 5.75 Å². The van der Waals surface area contributed by atoms with Gasteiger partial charge in [0.1, 0.15) is 11.8 Å². The third kappa shape index (κ3) is 3.00. The third-order valence-corrected chi connectivity index (χ3v) is 3.17. The second kappa shape index (κ2) is 5.79. The second-order valence-corrected chi connectivity index (χ2v) is 4.55. The van der Waals surface area contributed by atoms with E-state index in [0.29, 0.717) is 11.4 Å². The SMILES string of the molecule is COc1ccc(NC(=O)N2CC(O)C[C@H]2C(=O)O)cc1. The molecule has 2 amide bonds. The molecule has 1 unspecified atom stereocenters. The van der Waals surface area contributed by atoms with E-state index in [9.17, 15) is 14.7 Å². The van der Waals surface area contributed by atoms with Crippen LogP contribution in [0.3, 0.4) is 0 Å². The topological polar surface area (TPSA) is 99.1 Å². The number of urea groups is 1. The number of rotatable bonds is 3. The molecule has 1 fully saturated rings. The first-order chi connectivity index (χ1) is 9.51. The van der Waals surface area contributed by atoms with Gasteiger partial charge in [-0.1, -0.05) is 0 Å². The van der Waals surface area contributed by atoms with Crippen LogP contribution in [0, 0.1) is 0 Å². The molecule has 0 spiro atoms. The molecular formula is C13H16N2O5. The highest BCUT2D eigenvalue weighted by Gasteiger charge is 2.38. The number of carboxylic acids is 1. The van der Waals surface area contributed by atoms with E-state index >= 15 is 0 Å². The number of carbonyl (C=O) groups excluding carboxylic acids is 1. The van der Waals surface area contributed by atoms with Gasteiger partial charge in [-0.25, -0.2) is 9.59 Å². The number of anilines is 1. The van der Waals surface area contributed by atoms with Crippen LogP contribution in [-0.4, -0.2) is 52.9 Å². The lowest BCUT2D eigenvalue weighted by Crippen LogP contribution is -2.43. The molecule has 1 saturated heterocycles. The molecule has 0 aliphatic carbocycles. The van der Waals surface area contributed by atoms with E-state index in [1.165, 1.54) is 7.11 Å². The van der Waals surface area contributed by atoms with Crippen molar-refractivity contribution in [3.63, 3.8) is 0 Å². The van der Waals surface area contributed by atoms with E-state index in [4.69, 9.17) is 9.84 Å². The number of methoxy groups -OCH3 is 1. The summed E-state index contributed by atoms with van der Waals surface area (Å²) in [5.74, 6) is -0.463. The van der Waals surface area contributed by atoms with Crippen LogP contribution in [-0.2, 0) is 4.79 Å². The Bertz CT molecular complexity index is 502. The van der Waals surface area contributed by atoms with Gasteiger partial charge in [0.25, 0.3) is 0 Å². The van der Waals surface area contributed by atoms with Crippen LogP contribution in [0.25, 0.3) is 0 Å². The molecule has 0 saturated carbocycles.